The maximum absolute atomic E-state index is 13.3. The van der Waals surface area contributed by atoms with Crippen LogP contribution in [0.15, 0.2) is 36.4 Å². The SMILES string of the molecule is Cc1cc(C)cc(OCCOC(=O)[C@@H]2CC(=O)Nc3cc(F)ccc32)c1. The molecule has 136 valence electrons. The van der Waals surface area contributed by atoms with Gasteiger partial charge in [0.2, 0.25) is 5.91 Å². The summed E-state index contributed by atoms with van der Waals surface area (Å²) in [4.78, 5) is 24.1. The summed E-state index contributed by atoms with van der Waals surface area (Å²) in [7, 11) is 0. The van der Waals surface area contributed by atoms with Gasteiger partial charge >= 0.3 is 5.97 Å². The largest absolute Gasteiger partial charge is 0.490 e. The summed E-state index contributed by atoms with van der Waals surface area (Å²) in [6.07, 6.45) is -0.0185. The second-order valence-electron chi connectivity index (χ2n) is 6.38. The lowest BCUT2D eigenvalue weighted by Gasteiger charge is -2.24. The van der Waals surface area contributed by atoms with E-state index in [1.807, 2.05) is 32.0 Å². The van der Waals surface area contributed by atoms with Crippen LogP contribution in [0.3, 0.4) is 0 Å². The Morgan fingerprint density at radius 2 is 1.88 bits per heavy atom. The predicted molar refractivity (Wildman–Crippen MR) is 94.8 cm³/mol. The van der Waals surface area contributed by atoms with E-state index < -0.39 is 17.7 Å². The van der Waals surface area contributed by atoms with E-state index in [2.05, 4.69) is 5.32 Å². The van der Waals surface area contributed by atoms with E-state index in [1.54, 1.807) is 0 Å². The molecule has 1 atom stereocenters. The zero-order valence-electron chi connectivity index (χ0n) is 14.7. The van der Waals surface area contributed by atoms with Crippen molar-refractivity contribution < 1.29 is 23.5 Å². The van der Waals surface area contributed by atoms with Gasteiger partial charge < -0.3 is 14.8 Å². The number of benzene rings is 2. The van der Waals surface area contributed by atoms with E-state index in [9.17, 15) is 14.0 Å². The Kier molecular flexibility index (Phi) is 5.21. The van der Waals surface area contributed by atoms with Gasteiger partial charge in [0.05, 0.1) is 5.92 Å². The van der Waals surface area contributed by atoms with Crippen molar-refractivity contribution in [3.8, 4) is 5.75 Å². The first-order chi connectivity index (χ1) is 12.4. The summed E-state index contributed by atoms with van der Waals surface area (Å²) in [5, 5.41) is 2.57. The molecule has 6 heteroatoms. The zero-order valence-corrected chi connectivity index (χ0v) is 14.7. The number of anilines is 1. The summed E-state index contributed by atoms with van der Waals surface area (Å²) < 4.78 is 24.2. The molecule has 3 rings (SSSR count). The molecule has 2 aromatic rings. The maximum Gasteiger partial charge on any atom is 0.314 e. The minimum absolute atomic E-state index is 0.0185. The third kappa shape index (κ3) is 4.20. The van der Waals surface area contributed by atoms with E-state index in [0.717, 1.165) is 16.9 Å². The number of rotatable bonds is 5. The highest BCUT2D eigenvalue weighted by Gasteiger charge is 2.32. The number of nitrogens with one attached hydrogen (secondary N) is 1. The predicted octanol–water partition coefficient (Wildman–Crippen LogP) is 3.49. The van der Waals surface area contributed by atoms with Crippen LogP contribution in [0, 0.1) is 19.7 Å². The van der Waals surface area contributed by atoms with Crippen LogP contribution in [0.5, 0.6) is 5.75 Å². The smallest absolute Gasteiger partial charge is 0.314 e. The molecule has 0 fully saturated rings. The van der Waals surface area contributed by atoms with Crippen molar-refractivity contribution in [3.05, 3.63) is 58.9 Å². The van der Waals surface area contributed by atoms with Crippen LogP contribution in [0.4, 0.5) is 10.1 Å². The molecule has 0 radical (unpaired) electrons. The van der Waals surface area contributed by atoms with Gasteiger partial charge in [-0.15, -0.1) is 0 Å². The highest BCUT2D eigenvalue weighted by Crippen LogP contribution is 2.33. The molecule has 0 unspecified atom stereocenters. The Bertz CT molecular complexity index is 829. The second kappa shape index (κ2) is 7.56. The summed E-state index contributed by atoms with van der Waals surface area (Å²) in [6.45, 7) is 4.24. The summed E-state index contributed by atoms with van der Waals surface area (Å²) in [5.74, 6) is -1.34. The lowest BCUT2D eigenvalue weighted by molar-refractivity contribution is -0.147. The Labute approximate surface area is 151 Å². The maximum atomic E-state index is 13.3. The van der Waals surface area contributed by atoms with Crippen LogP contribution in [0.1, 0.15) is 29.0 Å². The number of ether oxygens (including phenoxy) is 2. The van der Waals surface area contributed by atoms with Gasteiger partial charge in [-0.05, 0) is 54.8 Å². The normalized spacial score (nSPS) is 15.8. The third-order valence-corrected chi connectivity index (χ3v) is 4.13. The lowest BCUT2D eigenvalue weighted by atomic mass is 9.90. The van der Waals surface area contributed by atoms with Crippen molar-refractivity contribution in [1.82, 2.24) is 0 Å². The van der Waals surface area contributed by atoms with Crippen LogP contribution in [-0.2, 0) is 14.3 Å². The van der Waals surface area contributed by atoms with E-state index in [4.69, 9.17) is 9.47 Å². The fourth-order valence-electron chi connectivity index (χ4n) is 3.07. The molecule has 0 bridgehead atoms. The Balaban J connectivity index is 1.58. The summed E-state index contributed by atoms with van der Waals surface area (Å²) in [6, 6.07) is 9.83. The fourth-order valence-corrected chi connectivity index (χ4v) is 3.07. The number of hydrogen-bond donors (Lipinski definition) is 1. The molecule has 1 N–H and O–H groups in total. The van der Waals surface area contributed by atoms with Crippen LogP contribution < -0.4 is 10.1 Å². The van der Waals surface area contributed by atoms with Crippen LogP contribution in [0.2, 0.25) is 0 Å². The van der Waals surface area contributed by atoms with E-state index in [1.165, 1.54) is 18.2 Å². The zero-order chi connectivity index (χ0) is 18.7. The Hall–Kier alpha value is -2.89. The van der Waals surface area contributed by atoms with Gasteiger partial charge in [-0.2, -0.15) is 0 Å². The number of aryl methyl sites for hydroxylation is 2. The molecule has 0 saturated heterocycles. The number of halogens is 1. The van der Waals surface area contributed by atoms with Crippen molar-refractivity contribution in [2.45, 2.75) is 26.2 Å². The third-order valence-electron chi connectivity index (χ3n) is 4.13. The monoisotopic (exact) mass is 357 g/mol. The first kappa shape index (κ1) is 17.9. The molecule has 0 spiro atoms. The molecule has 0 aromatic heterocycles. The highest BCUT2D eigenvalue weighted by molar-refractivity contribution is 5.99. The second-order valence-corrected chi connectivity index (χ2v) is 6.38. The minimum atomic E-state index is -0.736. The van der Waals surface area contributed by atoms with Gasteiger partial charge in [0.15, 0.2) is 0 Å². The van der Waals surface area contributed by atoms with E-state index in [-0.39, 0.29) is 25.5 Å². The number of carbonyl (C=O) groups is 2. The van der Waals surface area contributed by atoms with Crippen LogP contribution in [-0.4, -0.2) is 25.1 Å². The molecule has 0 saturated carbocycles. The molecular weight excluding hydrogens is 337 g/mol. The summed E-state index contributed by atoms with van der Waals surface area (Å²) in [5.41, 5.74) is 3.06. The van der Waals surface area contributed by atoms with Crippen molar-refractivity contribution >= 4 is 17.6 Å². The van der Waals surface area contributed by atoms with Crippen molar-refractivity contribution in [3.63, 3.8) is 0 Å². The Morgan fingerprint density at radius 1 is 1.15 bits per heavy atom. The highest BCUT2D eigenvalue weighted by atomic mass is 19.1. The molecule has 1 aliphatic rings. The van der Waals surface area contributed by atoms with E-state index in [0.29, 0.717) is 11.3 Å². The molecule has 1 aliphatic heterocycles. The van der Waals surface area contributed by atoms with Crippen molar-refractivity contribution in [2.75, 3.05) is 18.5 Å². The van der Waals surface area contributed by atoms with Crippen molar-refractivity contribution in [2.24, 2.45) is 0 Å². The molecule has 5 nitrogen and oxygen atoms in total. The topological polar surface area (TPSA) is 64.6 Å². The molecule has 26 heavy (non-hydrogen) atoms. The molecule has 0 aliphatic carbocycles. The van der Waals surface area contributed by atoms with E-state index >= 15 is 0 Å². The van der Waals surface area contributed by atoms with Gasteiger partial charge in [0.25, 0.3) is 0 Å². The quantitative estimate of drug-likeness (QED) is 0.657. The van der Waals surface area contributed by atoms with Gasteiger partial charge in [-0.25, -0.2) is 4.39 Å². The minimum Gasteiger partial charge on any atom is -0.490 e. The molecule has 1 heterocycles. The lowest BCUT2D eigenvalue weighted by Crippen LogP contribution is -2.29. The molecule has 1 amide bonds. The fraction of sp³-hybridized carbons (Fsp3) is 0.300. The molecular formula is C20H20FNO4. The number of hydrogen-bond acceptors (Lipinski definition) is 4. The van der Waals surface area contributed by atoms with Gasteiger partial charge in [-0.3, -0.25) is 9.59 Å². The Morgan fingerprint density at radius 3 is 2.62 bits per heavy atom. The molecule has 2 aromatic carbocycles. The van der Waals surface area contributed by atoms with Gasteiger partial charge in [0.1, 0.15) is 24.8 Å². The average molecular weight is 357 g/mol. The van der Waals surface area contributed by atoms with Crippen LogP contribution in [0.25, 0.3) is 0 Å². The number of carbonyl (C=O) groups excluding carboxylic acids is 2. The van der Waals surface area contributed by atoms with Crippen molar-refractivity contribution in [1.29, 1.82) is 0 Å². The standard InChI is InChI=1S/C20H20FNO4/c1-12-7-13(2)9-15(8-12)25-5-6-26-20(24)17-11-19(23)22-18-10-14(21)3-4-16(17)18/h3-4,7-10,17H,5-6,11H2,1-2H3,(H,22,23)/t17-/m1/s1. The van der Waals surface area contributed by atoms with Gasteiger partial charge in [-0.1, -0.05) is 12.1 Å². The van der Waals surface area contributed by atoms with Gasteiger partial charge in [0, 0.05) is 12.1 Å². The first-order valence-corrected chi connectivity index (χ1v) is 8.39. The average Bonchev–Trinajstić information content (AvgIpc) is 2.56. The number of fused-ring (bicyclic) bond motifs is 1. The summed E-state index contributed by atoms with van der Waals surface area (Å²) >= 11 is 0. The van der Waals surface area contributed by atoms with Crippen LogP contribution >= 0.6 is 0 Å². The number of esters is 1. The number of amides is 1. The first-order valence-electron chi connectivity index (χ1n) is 8.39.